The van der Waals surface area contributed by atoms with Crippen LogP contribution in [0.2, 0.25) is 0 Å². The van der Waals surface area contributed by atoms with Crippen molar-refractivity contribution in [1.82, 2.24) is 0 Å². The van der Waals surface area contributed by atoms with Crippen LogP contribution in [0, 0.1) is 0 Å². The van der Waals surface area contributed by atoms with Crippen LogP contribution in [-0.2, 0) is 24.1 Å². The summed E-state index contributed by atoms with van der Waals surface area (Å²) in [7, 11) is 0. The molecule has 0 rings (SSSR count). The van der Waals surface area contributed by atoms with Crippen LogP contribution in [0.25, 0.3) is 0 Å². The van der Waals surface area contributed by atoms with E-state index >= 15 is 0 Å². The first-order valence-electron chi connectivity index (χ1n) is 1.89. The fourth-order valence-corrected chi connectivity index (χ4v) is 0.365. The van der Waals surface area contributed by atoms with Gasteiger partial charge in [-0.25, -0.2) is 0 Å². The summed E-state index contributed by atoms with van der Waals surface area (Å²) in [5.74, 6) is 0. The van der Waals surface area contributed by atoms with Crippen LogP contribution in [-0.4, -0.2) is 29.5 Å². The third-order valence-electron chi connectivity index (χ3n) is 0.574. The third kappa shape index (κ3) is 3.20. The summed E-state index contributed by atoms with van der Waals surface area (Å²) in [6.45, 7) is -0.236. The average molecular weight is 139 g/mol. The van der Waals surface area contributed by atoms with Crippen LogP contribution in [0.15, 0.2) is 0 Å². The molecular weight excluding hydrogens is 132 g/mol. The number of hydrogen-bond acceptors (Lipinski definition) is 3. The Labute approximate surface area is 54.2 Å². The van der Waals surface area contributed by atoms with E-state index in [1.165, 1.54) is 20.8 Å². The molecule has 0 atom stereocenters. The molecule has 4 heteroatoms. The van der Waals surface area contributed by atoms with Crippen LogP contribution >= 0.6 is 0 Å². The van der Waals surface area contributed by atoms with E-state index in [0.29, 0.717) is 0 Å². The van der Waals surface area contributed by atoms with Gasteiger partial charge in [0.15, 0.2) is 0 Å². The molecule has 0 radical (unpaired) electrons. The maximum absolute atomic E-state index is 8.24. The van der Waals surface area contributed by atoms with Crippen LogP contribution < -0.4 is 0 Å². The Hall–Kier alpha value is 0.594. The zero-order valence-electron chi connectivity index (χ0n) is 3.79. The Kier molecular flexibility index (Phi) is 5.15. The zero-order chi connectivity index (χ0) is 5.70. The molecule has 0 unspecified atom stereocenters. The van der Waals surface area contributed by atoms with E-state index in [0.717, 1.165) is 0 Å². The second kappa shape index (κ2) is 4.75. The van der Waals surface area contributed by atoms with Crippen molar-refractivity contribution in [2.24, 2.45) is 0 Å². The molecule has 3 nitrogen and oxygen atoms in total. The van der Waals surface area contributed by atoms with Gasteiger partial charge in [-0.1, -0.05) is 0 Å². The van der Waals surface area contributed by atoms with Gasteiger partial charge < -0.3 is 0 Å². The molecule has 0 aromatic carbocycles. The van der Waals surface area contributed by atoms with Gasteiger partial charge in [-0.2, -0.15) is 0 Å². The molecule has 0 bridgehead atoms. The summed E-state index contributed by atoms with van der Waals surface area (Å²) in [5.41, 5.74) is 0. The molecule has 0 aliphatic rings. The monoisotopic (exact) mass is 139 g/mol. The summed E-state index contributed by atoms with van der Waals surface area (Å²) >= 11 is 1.44. The van der Waals surface area contributed by atoms with E-state index in [2.05, 4.69) is 3.32 Å². The Bertz CT molecular complexity index is 31.7. The first kappa shape index (κ1) is 7.59. The SMILES string of the molecule is OCC(CO)[O][Ti]. The molecule has 0 saturated carbocycles. The molecule has 0 fully saturated rings. The summed E-state index contributed by atoms with van der Waals surface area (Å²) in [6.07, 6.45) is -0.403. The Morgan fingerprint density at radius 1 is 1.43 bits per heavy atom. The summed E-state index contributed by atoms with van der Waals surface area (Å²) < 4.78 is 4.55. The van der Waals surface area contributed by atoms with E-state index in [1.54, 1.807) is 0 Å². The van der Waals surface area contributed by atoms with Gasteiger partial charge in [-0.15, -0.1) is 0 Å². The quantitative estimate of drug-likeness (QED) is 0.483. The van der Waals surface area contributed by atoms with E-state index in [4.69, 9.17) is 10.2 Å². The van der Waals surface area contributed by atoms with Crippen LogP contribution in [0.5, 0.6) is 0 Å². The fourth-order valence-electron chi connectivity index (χ4n) is 0.132. The number of aliphatic hydroxyl groups is 2. The van der Waals surface area contributed by atoms with Crippen LogP contribution in [0.3, 0.4) is 0 Å². The van der Waals surface area contributed by atoms with Crippen molar-refractivity contribution in [2.45, 2.75) is 6.10 Å². The van der Waals surface area contributed by atoms with Crippen molar-refractivity contribution >= 4 is 0 Å². The van der Waals surface area contributed by atoms with Crippen LogP contribution in [0.4, 0.5) is 0 Å². The van der Waals surface area contributed by atoms with Crippen molar-refractivity contribution in [1.29, 1.82) is 0 Å². The molecular formula is C3H7O3Ti. The van der Waals surface area contributed by atoms with Gasteiger partial charge in [0.2, 0.25) is 0 Å². The molecule has 0 aliphatic carbocycles. The fraction of sp³-hybridized carbons (Fsp3) is 1.00. The number of rotatable bonds is 3. The van der Waals surface area contributed by atoms with Crippen molar-refractivity contribution < 1.29 is 34.4 Å². The topological polar surface area (TPSA) is 49.7 Å². The van der Waals surface area contributed by atoms with Crippen molar-refractivity contribution in [3.8, 4) is 0 Å². The zero-order valence-corrected chi connectivity index (χ0v) is 5.36. The van der Waals surface area contributed by atoms with E-state index in [9.17, 15) is 0 Å². The van der Waals surface area contributed by atoms with Gasteiger partial charge in [-0.3, -0.25) is 0 Å². The summed E-state index contributed by atoms with van der Waals surface area (Å²) in [5, 5.41) is 16.5. The molecule has 0 amide bonds. The maximum atomic E-state index is 8.24. The standard InChI is InChI=1S/C3H7O3.Ti/c4-1-3(6)2-5;/h3-5H,1-2H2;/q-1;+1. The molecule has 0 aromatic rings. The first-order valence-corrected chi connectivity index (χ1v) is 2.53. The predicted molar refractivity (Wildman–Crippen MR) is 19.0 cm³/mol. The van der Waals surface area contributed by atoms with Gasteiger partial charge in [0.25, 0.3) is 0 Å². The molecule has 7 heavy (non-hydrogen) atoms. The number of hydrogen-bond donors (Lipinski definition) is 2. The van der Waals surface area contributed by atoms with E-state index < -0.39 is 6.10 Å². The first-order chi connectivity index (χ1) is 3.35. The van der Waals surface area contributed by atoms with Gasteiger partial charge >= 0.3 is 53.7 Å². The average Bonchev–Trinajstić information content (AvgIpc) is 1.72. The summed E-state index contributed by atoms with van der Waals surface area (Å²) in [4.78, 5) is 0. The summed E-state index contributed by atoms with van der Waals surface area (Å²) in [6, 6.07) is 0. The van der Waals surface area contributed by atoms with Gasteiger partial charge in [0.1, 0.15) is 0 Å². The van der Waals surface area contributed by atoms with Crippen LogP contribution in [0.1, 0.15) is 0 Å². The number of aliphatic hydroxyl groups excluding tert-OH is 2. The molecule has 2 N–H and O–H groups in total. The van der Waals surface area contributed by atoms with Gasteiger partial charge in [-0.05, 0) is 0 Å². The Morgan fingerprint density at radius 2 is 1.86 bits per heavy atom. The van der Waals surface area contributed by atoms with Crippen molar-refractivity contribution in [2.75, 3.05) is 13.2 Å². The van der Waals surface area contributed by atoms with E-state index in [1.807, 2.05) is 0 Å². The van der Waals surface area contributed by atoms with Gasteiger partial charge in [0, 0.05) is 0 Å². The molecule has 0 heterocycles. The van der Waals surface area contributed by atoms with Crippen molar-refractivity contribution in [3.63, 3.8) is 0 Å². The van der Waals surface area contributed by atoms with Gasteiger partial charge in [0.05, 0.1) is 0 Å². The minimum atomic E-state index is -0.403. The second-order valence-corrected chi connectivity index (χ2v) is 1.47. The van der Waals surface area contributed by atoms with Crippen molar-refractivity contribution in [3.05, 3.63) is 0 Å². The Balaban J connectivity index is 2.99. The molecule has 0 aromatic heterocycles. The molecule has 0 aliphatic heterocycles. The second-order valence-electron chi connectivity index (χ2n) is 1.11. The minimum absolute atomic E-state index is 0.118. The normalized spacial score (nSPS) is 10.0. The Morgan fingerprint density at radius 3 is 1.86 bits per heavy atom. The van der Waals surface area contributed by atoms with E-state index in [-0.39, 0.29) is 13.2 Å². The predicted octanol–water partition coefficient (Wildman–Crippen LogP) is -1.18. The molecule has 0 spiro atoms. The molecule has 41 valence electrons. The third-order valence-corrected chi connectivity index (χ3v) is 1.09. The molecule has 0 saturated heterocycles.